The van der Waals surface area contributed by atoms with E-state index >= 15 is 0 Å². The van der Waals surface area contributed by atoms with Gasteiger partial charge >= 0.3 is 5.97 Å². The highest BCUT2D eigenvalue weighted by molar-refractivity contribution is 5.90. The maximum Gasteiger partial charge on any atom is 0.322 e. The number of nitrogens with one attached hydrogen (secondary N) is 3. The second-order valence-corrected chi connectivity index (χ2v) is 4.77. The molecule has 7 heteroatoms. The van der Waals surface area contributed by atoms with Crippen molar-refractivity contribution in [3.05, 3.63) is 35.4 Å². The molecule has 1 aliphatic heterocycles. The molecule has 1 aliphatic rings. The Kier molecular flexibility index (Phi) is 4.89. The minimum Gasteiger partial charge on any atom is -0.480 e. The van der Waals surface area contributed by atoms with Crippen LogP contribution < -0.4 is 16.0 Å². The molecule has 0 spiro atoms. The molecule has 1 heterocycles. The summed E-state index contributed by atoms with van der Waals surface area (Å²) in [4.78, 5) is 33.8. The van der Waals surface area contributed by atoms with Crippen molar-refractivity contribution in [3.8, 4) is 0 Å². The summed E-state index contributed by atoms with van der Waals surface area (Å²) < 4.78 is 0. The minimum absolute atomic E-state index is 0.231. The summed E-state index contributed by atoms with van der Waals surface area (Å²) in [6.07, 6.45) is 0. The van der Waals surface area contributed by atoms with Crippen molar-refractivity contribution in [1.82, 2.24) is 16.0 Å². The van der Waals surface area contributed by atoms with Gasteiger partial charge in [0.25, 0.3) is 0 Å². The zero-order valence-electron chi connectivity index (χ0n) is 11.4. The third-order valence-electron chi connectivity index (χ3n) is 3.27. The van der Waals surface area contributed by atoms with Crippen LogP contribution >= 0.6 is 0 Å². The Morgan fingerprint density at radius 3 is 2.71 bits per heavy atom. The first-order valence-electron chi connectivity index (χ1n) is 6.62. The smallest absolute Gasteiger partial charge is 0.322 e. The van der Waals surface area contributed by atoms with Gasteiger partial charge in [-0.3, -0.25) is 14.4 Å². The maximum absolute atomic E-state index is 12.2. The Balaban J connectivity index is 1.90. The van der Waals surface area contributed by atoms with E-state index in [1.165, 1.54) is 0 Å². The molecule has 0 aliphatic carbocycles. The van der Waals surface area contributed by atoms with E-state index in [0.717, 1.165) is 17.7 Å². The van der Waals surface area contributed by atoms with Crippen LogP contribution in [-0.4, -0.2) is 42.5 Å². The van der Waals surface area contributed by atoms with Crippen LogP contribution in [0.25, 0.3) is 0 Å². The van der Waals surface area contributed by atoms with Gasteiger partial charge in [0.1, 0.15) is 6.54 Å². The highest BCUT2D eigenvalue weighted by Gasteiger charge is 2.26. The number of carbonyl (C=O) groups is 3. The molecular weight excluding hydrogens is 274 g/mol. The lowest BCUT2D eigenvalue weighted by Crippen LogP contribution is -2.43. The van der Waals surface area contributed by atoms with Gasteiger partial charge in [0.15, 0.2) is 0 Å². The summed E-state index contributed by atoms with van der Waals surface area (Å²) in [5.41, 5.74) is 2.03. The molecule has 1 aromatic carbocycles. The number of hydrogen-bond donors (Lipinski definition) is 4. The number of rotatable bonds is 5. The monoisotopic (exact) mass is 291 g/mol. The maximum atomic E-state index is 12.2. The van der Waals surface area contributed by atoms with E-state index in [2.05, 4.69) is 16.0 Å². The number of carbonyl (C=O) groups excluding carboxylic acids is 2. The normalized spacial score (nSPS) is 16.7. The highest BCUT2D eigenvalue weighted by Crippen LogP contribution is 2.23. The molecule has 0 radical (unpaired) electrons. The molecule has 2 rings (SSSR count). The number of fused-ring (bicyclic) bond motifs is 1. The van der Waals surface area contributed by atoms with Crippen LogP contribution in [0, 0.1) is 0 Å². The van der Waals surface area contributed by atoms with Crippen LogP contribution in [0.2, 0.25) is 0 Å². The molecule has 0 bridgehead atoms. The quantitative estimate of drug-likeness (QED) is 0.567. The molecule has 0 saturated heterocycles. The third-order valence-corrected chi connectivity index (χ3v) is 3.27. The lowest BCUT2D eigenvalue weighted by atomic mass is 9.90. The molecule has 21 heavy (non-hydrogen) atoms. The predicted molar refractivity (Wildman–Crippen MR) is 74.5 cm³/mol. The van der Waals surface area contributed by atoms with E-state index in [1.54, 1.807) is 0 Å². The molecule has 0 aromatic heterocycles. The number of hydrogen-bond acceptors (Lipinski definition) is 4. The van der Waals surface area contributed by atoms with Gasteiger partial charge in [0, 0.05) is 13.1 Å². The van der Waals surface area contributed by atoms with Gasteiger partial charge in [-0.1, -0.05) is 24.3 Å². The van der Waals surface area contributed by atoms with Gasteiger partial charge in [-0.25, -0.2) is 0 Å². The fourth-order valence-electron chi connectivity index (χ4n) is 2.26. The Bertz CT molecular complexity index is 559. The van der Waals surface area contributed by atoms with Crippen LogP contribution in [0.15, 0.2) is 24.3 Å². The number of aliphatic carboxylic acids is 1. The van der Waals surface area contributed by atoms with Crippen molar-refractivity contribution < 1.29 is 19.5 Å². The molecular formula is C14H17N3O4. The van der Waals surface area contributed by atoms with E-state index in [9.17, 15) is 14.4 Å². The largest absolute Gasteiger partial charge is 0.480 e. The minimum atomic E-state index is -1.12. The average Bonchev–Trinajstić information content (AvgIpc) is 2.50. The van der Waals surface area contributed by atoms with Crippen LogP contribution in [-0.2, 0) is 20.9 Å². The van der Waals surface area contributed by atoms with E-state index in [4.69, 9.17) is 5.11 Å². The van der Waals surface area contributed by atoms with Gasteiger partial charge in [-0.15, -0.1) is 0 Å². The topological polar surface area (TPSA) is 108 Å². The Labute approximate surface area is 121 Å². The molecule has 1 aromatic rings. The van der Waals surface area contributed by atoms with Crippen molar-refractivity contribution >= 4 is 17.8 Å². The van der Waals surface area contributed by atoms with E-state index < -0.39 is 18.4 Å². The van der Waals surface area contributed by atoms with Gasteiger partial charge in [-0.2, -0.15) is 0 Å². The average molecular weight is 291 g/mol. The van der Waals surface area contributed by atoms with E-state index in [0.29, 0.717) is 6.54 Å². The second kappa shape index (κ2) is 6.85. The summed E-state index contributed by atoms with van der Waals surface area (Å²) in [6, 6.07) is 7.66. The fraction of sp³-hybridized carbons (Fsp3) is 0.357. The summed E-state index contributed by atoms with van der Waals surface area (Å²) in [6.45, 7) is 0.548. The number of carboxylic acids is 1. The molecule has 2 amide bonds. The standard InChI is InChI=1S/C14H17N3O4/c18-12(16-8-13(19)20)7-17-14(21)11-6-15-5-9-3-1-2-4-10(9)11/h1-4,11,15H,5-8H2,(H,16,18)(H,17,21)(H,19,20). The SMILES string of the molecule is O=C(O)CNC(=O)CNC(=O)C1CNCc2ccccc21. The molecule has 7 nitrogen and oxygen atoms in total. The van der Waals surface area contributed by atoms with Crippen molar-refractivity contribution in [2.24, 2.45) is 0 Å². The molecule has 112 valence electrons. The summed E-state index contributed by atoms with van der Waals surface area (Å²) in [7, 11) is 0. The van der Waals surface area contributed by atoms with Crippen molar-refractivity contribution in [2.75, 3.05) is 19.6 Å². The first-order chi connectivity index (χ1) is 10.1. The Hall–Kier alpha value is -2.41. The first-order valence-corrected chi connectivity index (χ1v) is 6.62. The molecule has 1 unspecified atom stereocenters. The molecule has 4 N–H and O–H groups in total. The number of benzene rings is 1. The predicted octanol–water partition coefficient (Wildman–Crippen LogP) is -0.810. The Morgan fingerprint density at radius 1 is 1.19 bits per heavy atom. The lowest BCUT2D eigenvalue weighted by molar-refractivity contribution is -0.137. The molecule has 0 saturated carbocycles. The zero-order chi connectivity index (χ0) is 15.2. The van der Waals surface area contributed by atoms with Crippen LogP contribution in [0.3, 0.4) is 0 Å². The second-order valence-electron chi connectivity index (χ2n) is 4.77. The number of amides is 2. The van der Waals surface area contributed by atoms with Crippen molar-refractivity contribution in [2.45, 2.75) is 12.5 Å². The van der Waals surface area contributed by atoms with E-state index in [-0.39, 0.29) is 18.4 Å². The van der Waals surface area contributed by atoms with Crippen LogP contribution in [0.1, 0.15) is 17.0 Å². The van der Waals surface area contributed by atoms with Gasteiger partial charge in [-0.05, 0) is 11.1 Å². The van der Waals surface area contributed by atoms with Crippen molar-refractivity contribution in [1.29, 1.82) is 0 Å². The zero-order valence-corrected chi connectivity index (χ0v) is 11.4. The van der Waals surface area contributed by atoms with Crippen molar-refractivity contribution in [3.63, 3.8) is 0 Å². The Morgan fingerprint density at radius 2 is 1.95 bits per heavy atom. The van der Waals surface area contributed by atoms with Crippen LogP contribution in [0.5, 0.6) is 0 Å². The van der Waals surface area contributed by atoms with Gasteiger partial charge in [0.05, 0.1) is 12.5 Å². The fourth-order valence-corrected chi connectivity index (χ4v) is 2.26. The first kappa shape index (κ1) is 15.0. The highest BCUT2D eigenvalue weighted by atomic mass is 16.4. The molecule has 1 atom stereocenters. The van der Waals surface area contributed by atoms with E-state index in [1.807, 2.05) is 24.3 Å². The summed E-state index contributed by atoms with van der Waals surface area (Å²) in [5, 5.41) is 16.3. The van der Waals surface area contributed by atoms with Crippen LogP contribution in [0.4, 0.5) is 0 Å². The number of carboxylic acid groups (broad SMARTS) is 1. The van der Waals surface area contributed by atoms with Gasteiger partial charge in [0.2, 0.25) is 11.8 Å². The summed E-state index contributed by atoms with van der Waals surface area (Å²) >= 11 is 0. The van der Waals surface area contributed by atoms with Gasteiger partial charge < -0.3 is 21.1 Å². The lowest BCUT2D eigenvalue weighted by Gasteiger charge is -2.25. The summed E-state index contributed by atoms with van der Waals surface area (Å²) in [5.74, 6) is -2.25. The molecule has 0 fully saturated rings. The third kappa shape index (κ3) is 4.03.